The van der Waals surface area contributed by atoms with Gasteiger partial charge in [0.05, 0.1) is 22.2 Å². The molecular formula is C31H32ClF3N2O2. The Morgan fingerprint density at radius 1 is 0.949 bits per heavy atom. The molecule has 0 radical (unpaired) electrons. The number of aromatic amines is 1. The largest absolute Gasteiger partial charge is 0.416 e. The van der Waals surface area contributed by atoms with Crippen molar-refractivity contribution in [3.63, 3.8) is 0 Å². The minimum atomic E-state index is -4.43. The van der Waals surface area contributed by atoms with Crippen LogP contribution in [0.4, 0.5) is 13.2 Å². The molecule has 1 heterocycles. The Morgan fingerprint density at radius 3 is 2.31 bits per heavy atom. The quantitative estimate of drug-likeness (QED) is 0.213. The number of rotatable bonds is 10. The van der Waals surface area contributed by atoms with Crippen molar-refractivity contribution < 1.29 is 22.7 Å². The molecule has 0 unspecified atom stereocenters. The second-order valence-electron chi connectivity index (χ2n) is 9.67. The lowest BCUT2D eigenvalue weighted by atomic mass is 9.88. The SMILES string of the molecule is CCC(CC)(OC)c1ccc(CN(CCc2cccc(C(F)(F)F)c2)C(=O)c2cc(Cl)cc3cc[nH]c23)cc1. The molecule has 1 amide bonds. The molecule has 0 aliphatic carbocycles. The summed E-state index contributed by atoms with van der Waals surface area (Å²) in [5.41, 5.74) is 2.46. The highest BCUT2D eigenvalue weighted by atomic mass is 35.5. The van der Waals surface area contributed by atoms with Crippen molar-refractivity contribution in [1.82, 2.24) is 9.88 Å². The van der Waals surface area contributed by atoms with Gasteiger partial charge >= 0.3 is 6.18 Å². The Kier molecular flexibility index (Phi) is 8.72. The number of hydrogen-bond acceptors (Lipinski definition) is 2. The molecule has 0 bridgehead atoms. The van der Waals surface area contributed by atoms with Crippen LogP contribution >= 0.6 is 11.6 Å². The molecule has 4 nitrogen and oxygen atoms in total. The highest BCUT2D eigenvalue weighted by Gasteiger charge is 2.31. The van der Waals surface area contributed by atoms with Crippen LogP contribution in [0.1, 0.15) is 59.3 Å². The summed E-state index contributed by atoms with van der Waals surface area (Å²) in [7, 11) is 1.71. The number of nitrogens with one attached hydrogen (secondary N) is 1. The number of nitrogens with zero attached hydrogens (tertiary/aromatic N) is 1. The molecule has 0 atom stereocenters. The molecular weight excluding hydrogens is 525 g/mol. The molecule has 3 aromatic carbocycles. The fourth-order valence-corrected chi connectivity index (χ4v) is 5.32. The van der Waals surface area contributed by atoms with Crippen LogP contribution in [0.5, 0.6) is 0 Å². The van der Waals surface area contributed by atoms with Crippen LogP contribution in [0.15, 0.2) is 72.9 Å². The molecule has 4 rings (SSSR count). The number of amides is 1. The van der Waals surface area contributed by atoms with Crippen molar-refractivity contribution in [2.24, 2.45) is 0 Å². The minimum absolute atomic E-state index is 0.225. The molecule has 39 heavy (non-hydrogen) atoms. The van der Waals surface area contributed by atoms with E-state index in [1.165, 1.54) is 6.07 Å². The highest BCUT2D eigenvalue weighted by Crippen LogP contribution is 2.33. The fourth-order valence-electron chi connectivity index (χ4n) is 5.09. The van der Waals surface area contributed by atoms with Crippen molar-refractivity contribution in [1.29, 1.82) is 0 Å². The second kappa shape index (κ2) is 11.8. The summed E-state index contributed by atoms with van der Waals surface area (Å²) in [6.07, 6.45) is -0.779. The summed E-state index contributed by atoms with van der Waals surface area (Å²) in [4.78, 5) is 18.6. The van der Waals surface area contributed by atoms with E-state index in [0.717, 1.165) is 41.5 Å². The average Bonchev–Trinajstić information content (AvgIpc) is 3.40. The number of fused-ring (bicyclic) bond motifs is 1. The van der Waals surface area contributed by atoms with Gasteiger partial charge in [-0.15, -0.1) is 0 Å². The third-order valence-electron chi connectivity index (χ3n) is 7.45. The summed E-state index contributed by atoms with van der Waals surface area (Å²) < 4.78 is 45.6. The van der Waals surface area contributed by atoms with E-state index in [0.29, 0.717) is 21.7 Å². The van der Waals surface area contributed by atoms with Crippen LogP contribution < -0.4 is 0 Å². The summed E-state index contributed by atoms with van der Waals surface area (Å²) in [5, 5.41) is 1.24. The van der Waals surface area contributed by atoms with Gasteiger partial charge < -0.3 is 14.6 Å². The van der Waals surface area contributed by atoms with Gasteiger partial charge in [0.15, 0.2) is 0 Å². The summed E-state index contributed by atoms with van der Waals surface area (Å²) in [5.74, 6) is -0.255. The number of benzene rings is 3. The Morgan fingerprint density at radius 2 is 1.67 bits per heavy atom. The molecule has 0 saturated carbocycles. The lowest BCUT2D eigenvalue weighted by Gasteiger charge is -2.31. The van der Waals surface area contributed by atoms with Gasteiger partial charge in [-0.2, -0.15) is 13.2 Å². The number of hydrogen-bond donors (Lipinski definition) is 1. The maximum atomic E-state index is 13.9. The number of halogens is 4. The number of methoxy groups -OCH3 is 1. The maximum Gasteiger partial charge on any atom is 0.416 e. The van der Waals surface area contributed by atoms with E-state index in [-0.39, 0.29) is 31.0 Å². The molecule has 0 fully saturated rings. The van der Waals surface area contributed by atoms with Crippen LogP contribution in [0.25, 0.3) is 10.9 Å². The number of carbonyl (C=O) groups is 1. The van der Waals surface area contributed by atoms with Gasteiger partial charge in [-0.1, -0.05) is 67.9 Å². The minimum Gasteiger partial charge on any atom is -0.374 e. The second-order valence-corrected chi connectivity index (χ2v) is 10.1. The summed E-state index contributed by atoms with van der Waals surface area (Å²) in [6, 6.07) is 18.5. The summed E-state index contributed by atoms with van der Waals surface area (Å²) >= 11 is 6.32. The van der Waals surface area contributed by atoms with E-state index >= 15 is 0 Å². The molecule has 0 aliphatic heterocycles. The number of H-pyrrole nitrogens is 1. The van der Waals surface area contributed by atoms with Crippen LogP contribution in [-0.4, -0.2) is 29.4 Å². The summed E-state index contributed by atoms with van der Waals surface area (Å²) in [6.45, 7) is 4.68. The first kappa shape index (κ1) is 28.7. The smallest absolute Gasteiger partial charge is 0.374 e. The maximum absolute atomic E-state index is 13.9. The standard InChI is InChI=1S/C31H32ClF3N2O2/c1-4-30(5-2,39-3)24-11-9-22(10-12-24)20-37(16-14-21-7-6-8-25(17-21)31(33,34)35)29(38)27-19-26(32)18-23-13-15-36-28(23)27/h6-13,15,17-19,36H,4-5,14,16,20H2,1-3H3. The van der Waals surface area contributed by atoms with Crippen molar-refractivity contribution in [3.05, 3.63) is 106 Å². The first-order valence-electron chi connectivity index (χ1n) is 13.0. The van der Waals surface area contributed by atoms with Gasteiger partial charge in [0.25, 0.3) is 5.91 Å². The topological polar surface area (TPSA) is 45.3 Å². The van der Waals surface area contributed by atoms with Gasteiger partial charge in [-0.05, 0) is 60.2 Å². The predicted octanol–water partition coefficient (Wildman–Crippen LogP) is 8.39. The third kappa shape index (κ3) is 6.31. The number of ether oxygens (including phenoxy) is 1. The lowest BCUT2D eigenvalue weighted by molar-refractivity contribution is -0.137. The predicted molar refractivity (Wildman–Crippen MR) is 149 cm³/mol. The van der Waals surface area contributed by atoms with E-state index in [2.05, 4.69) is 18.8 Å². The van der Waals surface area contributed by atoms with Crippen LogP contribution in [0.2, 0.25) is 5.02 Å². The third-order valence-corrected chi connectivity index (χ3v) is 7.67. The highest BCUT2D eigenvalue weighted by molar-refractivity contribution is 6.32. The van der Waals surface area contributed by atoms with E-state index in [9.17, 15) is 18.0 Å². The van der Waals surface area contributed by atoms with E-state index in [1.54, 1.807) is 36.4 Å². The molecule has 206 valence electrons. The van der Waals surface area contributed by atoms with Crippen molar-refractivity contribution in [3.8, 4) is 0 Å². The zero-order valence-electron chi connectivity index (χ0n) is 22.2. The normalized spacial score (nSPS) is 12.2. The van der Waals surface area contributed by atoms with E-state index in [4.69, 9.17) is 16.3 Å². The monoisotopic (exact) mass is 556 g/mol. The fraction of sp³-hybridized carbons (Fsp3) is 0.323. The van der Waals surface area contributed by atoms with Crippen LogP contribution in [0.3, 0.4) is 0 Å². The van der Waals surface area contributed by atoms with Gasteiger partial charge in [-0.3, -0.25) is 4.79 Å². The van der Waals surface area contributed by atoms with E-state index < -0.39 is 11.7 Å². The first-order chi connectivity index (χ1) is 18.6. The van der Waals surface area contributed by atoms with Crippen LogP contribution in [-0.2, 0) is 29.5 Å². The molecule has 4 aromatic rings. The average molecular weight is 557 g/mol. The molecule has 0 spiro atoms. The first-order valence-corrected chi connectivity index (χ1v) is 13.3. The molecule has 8 heteroatoms. The van der Waals surface area contributed by atoms with E-state index in [1.807, 2.05) is 30.3 Å². The number of aromatic nitrogens is 1. The van der Waals surface area contributed by atoms with Gasteiger partial charge in [0, 0.05) is 36.8 Å². The Balaban J connectivity index is 1.64. The molecule has 0 saturated heterocycles. The molecule has 1 N–H and O–H groups in total. The zero-order valence-corrected chi connectivity index (χ0v) is 23.0. The van der Waals surface area contributed by atoms with Crippen molar-refractivity contribution >= 4 is 28.4 Å². The Hall–Kier alpha value is -3.29. The van der Waals surface area contributed by atoms with Crippen molar-refractivity contribution in [2.45, 2.75) is 51.4 Å². The Bertz CT molecular complexity index is 1420. The van der Waals surface area contributed by atoms with Crippen molar-refractivity contribution in [2.75, 3.05) is 13.7 Å². The van der Waals surface area contributed by atoms with Crippen LogP contribution in [0, 0.1) is 0 Å². The zero-order chi connectivity index (χ0) is 28.2. The van der Waals surface area contributed by atoms with Gasteiger partial charge in [-0.25, -0.2) is 0 Å². The number of carbonyl (C=O) groups excluding carboxylic acids is 1. The van der Waals surface area contributed by atoms with Gasteiger partial charge in [0.2, 0.25) is 0 Å². The lowest BCUT2D eigenvalue weighted by Crippen LogP contribution is -2.33. The molecule has 0 aliphatic rings. The number of alkyl halides is 3. The molecule has 1 aromatic heterocycles. The Labute approximate surface area is 231 Å². The van der Waals surface area contributed by atoms with Gasteiger partial charge in [0.1, 0.15) is 0 Å².